The van der Waals surface area contributed by atoms with Crippen molar-refractivity contribution >= 4 is 101 Å². The Balaban J connectivity index is 1.03. The molecule has 0 atom stereocenters. The van der Waals surface area contributed by atoms with Crippen molar-refractivity contribution in [1.29, 1.82) is 0 Å². The van der Waals surface area contributed by atoms with Gasteiger partial charge in [-0.1, -0.05) is 341 Å². The first kappa shape index (κ1) is 42.7. The van der Waals surface area contributed by atoms with Crippen LogP contribution < -0.4 is 26.2 Å². The van der Waals surface area contributed by atoms with E-state index in [2.05, 4.69) is 0 Å². The van der Waals surface area contributed by atoms with Crippen LogP contribution >= 0.6 is 0 Å². The zero-order valence-corrected chi connectivity index (χ0v) is 65.9. The maximum atomic E-state index is 12.2. The Morgan fingerprint density at radius 3 is 0.765 bits per heavy atom. The molecule has 0 saturated carbocycles. The number of aromatic nitrogens is 2. The van der Waals surface area contributed by atoms with Gasteiger partial charge in [0.2, 0.25) is 0 Å². The van der Waals surface area contributed by atoms with Gasteiger partial charge in [-0.2, -0.15) is 0 Å². The highest BCUT2D eigenvalue weighted by atomic mass is 15.2. The van der Waals surface area contributed by atoms with Gasteiger partial charge in [0, 0.05) is 77.9 Å². The second-order valence-corrected chi connectivity index (χ2v) is 32.6. The fraction of sp³-hybridized carbons (Fsp3) is 0.105. The predicted octanol–water partition coefficient (Wildman–Crippen LogP) is 29.2. The van der Waals surface area contributed by atoms with Crippen molar-refractivity contribution in [2.75, 3.05) is 9.80 Å². The van der Waals surface area contributed by atoms with E-state index in [-0.39, 0.29) is 28.2 Å². The van der Waals surface area contributed by atoms with Crippen LogP contribution in [0.1, 0.15) is 131 Å². The highest BCUT2D eigenvalue weighted by Gasteiger charge is 2.47. The minimum atomic E-state index is -1.95. The van der Waals surface area contributed by atoms with Gasteiger partial charge in [0.15, 0.2) is 0 Å². The standard InChI is InChI=1S/C114H91BN4/c1-112(2,3)86-66-91(78-42-26-14-27-43-78)110(92(67-86)79-44-28-15-29-45-79)118-105-72-89(116-101-58-50-82(74-34-18-10-19-35-74)62-95(101)96-63-83(51-59-102(96)116)75-36-20-11-21-37-75)54-56-99(105)115-100-57-55-90(117-103-60-52-84(76-38-22-12-23-39-76)64-97(103)98-65-85(53-61-104(98)117)77-40-24-13-25-41-77)73-106(100)119(108-71-88(114(7,8)9)70-107(118)109(108)115)111-93(80-46-30-16-31-47-80)68-87(113(4,5)6)69-94(111)81-48-32-17-33-49-81/h10-73H,1-9H3/i10D,11D,12D,13D,18D,19D,20D,21D,22D,23D,24D,25D,34D,35D,36D,37D,38D,39D,40D,41D,50D,51D,52D,53D,54D,55D,56D,57D,58D,59D,60D,61D,62D,63D,64D,65D,72D,73D. The summed E-state index contributed by atoms with van der Waals surface area (Å²) < 4.78 is 381. The molecule has 2 aliphatic rings. The molecule has 2 aliphatic heterocycles. The Morgan fingerprint density at radius 1 is 0.244 bits per heavy atom. The molecule has 0 radical (unpaired) electrons. The molecule has 0 aliphatic carbocycles. The molecule has 4 heterocycles. The summed E-state index contributed by atoms with van der Waals surface area (Å²) in [5.74, 6) is 0. The fourth-order valence-electron chi connectivity index (χ4n) is 16.3. The van der Waals surface area contributed by atoms with Crippen molar-refractivity contribution in [3.05, 3.63) is 404 Å². The number of fused-ring (bicyclic) bond motifs is 10. The van der Waals surface area contributed by atoms with Gasteiger partial charge < -0.3 is 18.9 Å². The van der Waals surface area contributed by atoms with Crippen molar-refractivity contribution in [3.8, 4) is 100 Å². The van der Waals surface area contributed by atoms with Crippen molar-refractivity contribution in [3.63, 3.8) is 0 Å². The lowest BCUT2D eigenvalue weighted by atomic mass is 9.33. The predicted molar refractivity (Wildman–Crippen MR) is 509 cm³/mol. The summed E-state index contributed by atoms with van der Waals surface area (Å²) in [5, 5.41) is -2.87. The van der Waals surface area contributed by atoms with Crippen LogP contribution in [-0.2, 0) is 16.2 Å². The Kier molecular flexibility index (Phi) is 10.2. The average Bonchev–Trinajstić information content (AvgIpc) is 1.63. The van der Waals surface area contributed by atoms with Crippen molar-refractivity contribution < 1.29 is 52.1 Å². The second kappa shape index (κ2) is 28.4. The summed E-state index contributed by atoms with van der Waals surface area (Å²) in [6.07, 6.45) is 0. The molecular formula is C114H91BN4. The molecule has 0 unspecified atom stereocenters. The lowest BCUT2D eigenvalue weighted by Gasteiger charge is -2.47. The lowest BCUT2D eigenvalue weighted by molar-refractivity contribution is 0.590. The van der Waals surface area contributed by atoms with Crippen LogP contribution in [0, 0.1) is 0 Å². The SMILES string of the molecule is [2H]c1c([2H])c([2H])c(-c2c([2H])c([2H])c3c(c2[2H])c2c([2H])c(-c4c([2H])c([2H])c([2H])c([2H])c4[2H])c([2H])c([2H])c2n3-c2c([2H])c([2H])c3c(c2[2H])N(c2c(-c4ccccc4)cc(C(C)(C)C)cc2-c2ccccc2)c2cc(C(C)(C)C)cc4c2B3c2c([2H])c([2H])c(-n3c5c([2H])c([2H])c(-c6c([2H])c([2H])c([2H])c([2H])c6[2H])c([2H])c5c5c([2H])c(-c6c([2H])c([2H])c([2H])c([2H])c6[2H])c([2H])c([2H])c53)c([2H])c2N4c2c(-c3ccccc3)cc(C(C)(C)C)cc2-c2ccccc2)c([2H])c1[2H]. The van der Waals surface area contributed by atoms with Crippen molar-refractivity contribution in [2.24, 2.45) is 0 Å². The van der Waals surface area contributed by atoms with Crippen LogP contribution in [0.4, 0.5) is 34.1 Å². The number of hydrogen-bond acceptors (Lipinski definition) is 2. The van der Waals surface area contributed by atoms with Gasteiger partial charge in [-0.15, -0.1) is 0 Å². The van der Waals surface area contributed by atoms with E-state index >= 15 is 0 Å². The van der Waals surface area contributed by atoms with Gasteiger partial charge in [-0.25, -0.2) is 0 Å². The Bertz CT molecular complexity index is 8590. The minimum Gasteiger partial charge on any atom is -0.310 e. The topological polar surface area (TPSA) is 16.3 Å². The third-order valence-corrected chi connectivity index (χ3v) is 22.2. The number of nitrogens with zero attached hydrogens (tertiary/aromatic N) is 4. The van der Waals surface area contributed by atoms with E-state index in [0.29, 0.717) is 50.1 Å². The van der Waals surface area contributed by atoms with Gasteiger partial charge >= 0.3 is 0 Å². The van der Waals surface area contributed by atoms with Crippen LogP contribution in [0.5, 0.6) is 0 Å². The first-order valence-corrected chi connectivity index (χ1v) is 38.9. The van der Waals surface area contributed by atoms with Gasteiger partial charge in [0.05, 0.1) is 85.5 Å². The first-order valence-electron chi connectivity index (χ1n) is 57.9. The highest BCUT2D eigenvalue weighted by molar-refractivity contribution is 7.00. The maximum absolute atomic E-state index is 12.2. The molecule has 0 spiro atoms. The van der Waals surface area contributed by atoms with Crippen LogP contribution in [0.15, 0.2) is 387 Å². The van der Waals surface area contributed by atoms with Crippen LogP contribution in [0.2, 0.25) is 0 Å². The first-order chi connectivity index (χ1) is 73.8. The van der Waals surface area contributed by atoms with Crippen LogP contribution in [-0.4, -0.2) is 15.8 Å². The van der Waals surface area contributed by atoms with E-state index in [1.54, 1.807) is 9.80 Å². The summed E-state index contributed by atoms with van der Waals surface area (Å²) >= 11 is 0. The second-order valence-electron chi connectivity index (χ2n) is 32.6. The molecule has 0 amide bonds. The highest BCUT2D eigenvalue weighted by Crippen LogP contribution is 2.56. The van der Waals surface area contributed by atoms with E-state index in [9.17, 15) is 35.6 Å². The molecular weight excluding hydrogens is 1440 g/mol. The molecule has 0 fully saturated rings. The molecule has 2 aromatic heterocycles. The van der Waals surface area contributed by atoms with E-state index in [1.807, 2.05) is 220 Å². The molecule has 17 aromatic carbocycles. The minimum absolute atomic E-state index is 0.0992. The number of anilines is 6. The third kappa shape index (κ3) is 12.5. The van der Waals surface area contributed by atoms with E-state index in [1.165, 1.54) is 0 Å². The largest absolute Gasteiger partial charge is 0.310 e. The monoisotopic (exact) mass is 1560 g/mol. The molecule has 0 N–H and O–H groups in total. The Labute approximate surface area is 752 Å². The number of rotatable bonds is 12. The zero-order valence-electron chi connectivity index (χ0n) is 104. The van der Waals surface area contributed by atoms with Gasteiger partial charge in [-0.3, -0.25) is 0 Å². The van der Waals surface area contributed by atoms with Crippen LogP contribution in [0.3, 0.4) is 0 Å². The average molecular weight is 1570 g/mol. The molecule has 0 bridgehead atoms. The molecule has 4 nitrogen and oxygen atoms in total. The molecule has 570 valence electrons. The smallest absolute Gasteiger partial charge is 0.252 e. The summed E-state index contributed by atoms with van der Waals surface area (Å²) in [6.45, 7) is 15.9. The van der Waals surface area contributed by atoms with Gasteiger partial charge in [0.25, 0.3) is 6.71 Å². The third-order valence-electron chi connectivity index (χ3n) is 22.2. The van der Waals surface area contributed by atoms with Gasteiger partial charge in [0.1, 0.15) is 0 Å². The summed E-state index contributed by atoms with van der Waals surface area (Å²) in [5.41, 5.74) is -8.98. The van der Waals surface area contributed by atoms with E-state index in [0.717, 1.165) is 20.3 Å². The zero-order chi connectivity index (χ0) is 114. The fourth-order valence-corrected chi connectivity index (χ4v) is 16.3. The molecule has 19 aromatic rings. The molecule has 21 rings (SSSR count). The summed E-state index contributed by atoms with van der Waals surface area (Å²) in [6, 6.07) is 11.0. The summed E-state index contributed by atoms with van der Waals surface area (Å²) in [4.78, 5) is 3.47. The lowest BCUT2D eigenvalue weighted by Crippen LogP contribution is -2.61. The van der Waals surface area contributed by atoms with Crippen molar-refractivity contribution in [1.82, 2.24) is 9.13 Å². The van der Waals surface area contributed by atoms with Crippen LogP contribution in [0.25, 0.3) is 144 Å². The molecule has 119 heavy (non-hydrogen) atoms. The Morgan fingerprint density at radius 2 is 0.504 bits per heavy atom. The number of hydrogen-bond donors (Lipinski definition) is 0. The summed E-state index contributed by atoms with van der Waals surface area (Å²) in [7, 11) is 0. The number of benzene rings is 17. The van der Waals surface area contributed by atoms with E-state index in [4.69, 9.17) is 16.4 Å². The Hall–Kier alpha value is -14.0. The molecule has 0 saturated heterocycles. The van der Waals surface area contributed by atoms with Gasteiger partial charge in [-0.05, 0) is 225 Å². The quantitative estimate of drug-likeness (QED) is 0.113. The maximum Gasteiger partial charge on any atom is 0.252 e. The van der Waals surface area contributed by atoms with Crippen molar-refractivity contribution in [2.45, 2.75) is 78.6 Å². The van der Waals surface area contributed by atoms with E-state index < -0.39 is 374 Å². The normalized spacial score (nSPS) is 17.2. The molecule has 5 heteroatoms.